The summed E-state index contributed by atoms with van der Waals surface area (Å²) in [7, 11) is 3.28. The van der Waals surface area contributed by atoms with Crippen molar-refractivity contribution in [2.45, 2.75) is 13.0 Å². The third kappa shape index (κ3) is 2.88. The number of nitrogens with two attached hydrogens (primary N) is 1. The third-order valence-electron chi connectivity index (χ3n) is 2.97. The van der Waals surface area contributed by atoms with E-state index in [0.29, 0.717) is 6.54 Å². The topological polar surface area (TPSA) is 62.3 Å². The lowest BCUT2D eigenvalue weighted by molar-refractivity contribution is 0.395. The first kappa shape index (κ1) is 13.4. The molecule has 5 heteroatoms. The average molecular weight is 261 g/mol. The van der Waals surface area contributed by atoms with E-state index in [4.69, 9.17) is 15.2 Å². The van der Waals surface area contributed by atoms with Crippen molar-refractivity contribution in [3.05, 3.63) is 30.6 Å². The van der Waals surface area contributed by atoms with Crippen LogP contribution in [0.2, 0.25) is 0 Å². The molecular weight excluding hydrogens is 242 g/mol. The molecule has 0 amide bonds. The second kappa shape index (κ2) is 6.24. The van der Waals surface area contributed by atoms with E-state index in [2.05, 4.69) is 9.55 Å². The highest BCUT2D eigenvalue weighted by molar-refractivity contribution is 5.66. The highest BCUT2D eigenvalue weighted by Crippen LogP contribution is 2.32. The van der Waals surface area contributed by atoms with Crippen LogP contribution >= 0.6 is 0 Å². The number of hydrogen-bond acceptors (Lipinski definition) is 4. The third-order valence-corrected chi connectivity index (χ3v) is 2.97. The second-order valence-corrected chi connectivity index (χ2v) is 4.15. The van der Waals surface area contributed by atoms with Crippen LogP contribution in [0.15, 0.2) is 30.6 Å². The molecule has 2 aromatic rings. The van der Waals surface area contributed by atoms with Crippen molar-refractivity contribution in [3.8, 4) is 22.9 Å². The SMILES string of the molecule is COc1ccc(-c2nccn2CCCN)c(OC)c1. The Kier molecular flexibility index (Phi) is 4.41. The summed E-state index contributed by atoms with van der Waals surface area (Å²) in [5, 5.41) is 0. The molecule has 1 heterocycles. The molecule has 0 aliphatic heterocycles. The molecule has 2 N–H and O–H groups in total. The van der Waals surface area contributed by atoms with Gasteiger partial charge in [0.1, 0.15) is 17.3 Å². The van der Waals surface area contributed by atoms with Crippen LogP contribution in [-0.4, -0.2) is 30.3 Å². The summed E-state index contributed by atoms with van der Waals surface area (Å²) >= 11 is 0. The van der Waals surface area contributed by atoms with E-state index in [1.54, 1.807) is 20.4 Å². The van der Waals surface area contributed by atoms with E-state index in [9.17, 15) is 0 Å². The van der Waals surface area contributed by atoms with Crippen LogP contribution < -0.4 is 15.2 Å². The molecule has 0 atom stereocenters. The number of aryl methyl sites for hydroxylation is 1. The van der Waals surface area contributed by atoms with E-state index in [0.717, 1.165) is 35.9 Å². The largest absolute Gasteiger partial charge is 0.497 e. The molecular formula is C14H19N3O2. The lowest BCUT2D eigenvalue weighted by atomic mass is 10.1. The van der Waals surface area contributed by atoms with Gasteiger partial charge in [0, 0.05) is 25.0 Å². The highest BCUT2D eigenvalue weighted by atomic mass is 16.5. The average Bonchev–Trinajstić information content (AvgIpc) is 2.92. The zero-order valence-electron chi connectivity index (χ0n) is 11.3. The Balaban J connectivity index is 2.38. The smallest absolute Gasteiger partial charge is 0.143 e. The van der Waals surface area contributed by atoms with Crippen molar-refractivity contribution in [1.82, 2.24) is 9.55 Å². The first-order valence-electron chi connectivity index (χ1n) is 6.23. The quantitative estimate of drug-likeness (QED) is 0.863. The molecule has 0 bridgehead atoms. The number of nitrogens with zero attached hydrogens (tertiary/aromatic N) is 2. The van der Waals surface area contributed by atoms with Gasteiger partial charge in [0.15, 0.2) is 0 Å². The fourth-order valence-corrected chi connectivity index (χ4v) is 1.98. The molecule has 1 aromatic heterocycles. The maximum Gasteiger partial charge on any atom is 0.143 e. The molecule has 0 saturated heterocycles. The molecule has 0 fully saturated rings. The summed E-state index contributed by atoms with van der Waals surface area (Å²) in [6.07, 6.45) is 4.66. The van der Waals surface area contributed by atoms with Crippen molar-refractivity contribution < 1.29 is 9.47 Å². The normalized spacial score (nSPS) is 10.5. The molecule has 0 spiro atoms. The molecule has 5 nitrogen and oxygen atoms in total. The number of hydrogen-bond donors (Lipinski definition) is 1. The summed E-state index contributed by atoms with van der Waals surface area (Å²) in [4.78, 5) is 4.40. The molecule has 0 unspecified atom stereocenters. The van der Waals surface area contributed by atoms with E-state index in [-0.39, 0.29) is 0 Å². The van der Waals surface area contributed by atoms with Crippen molar-refractivity contribution in [1.29, 1.82) is 0 Å². The molecule has 19 heavy (non-hydrogen) atoms. The number of methoxy groups -OCH3 is 2. The Morgan fingerprint density at radius 1 is 1.26 bits per heavy atom. The van der Waals surface area contributed by atoms with Gasteiger partial charge in [-0.25, -0.2) is 4.98 Å². The Morgan fingerprint density at radius 2 is 2.11 bits per heavy atom. The molecule has 1 aromatic carbocycles. The predicted octanol–water partition coefficient (Wildman–Crippen LogP) is 1.92. The van der Waals surface area contributed by atoms with Crippen molar-refractivity contribution in [2.75, 3.05) is 20.8 Å². The van der Waals surface area contributed by atoms with E-state index >= 15 is 0 Å². The molecule has 0 saturated carbocycles. The fourth-order valence-electron chi connectivity index (χ4n) is 1.98. The molecule has 0 aliphatic rings. The Hall–Kier alpha value is -2.01. The van der Waals surface area contributed by atoms with Gasteiger partial charge in [-0.05, 0) is 25.1 Å². The van der Waals surface area contributed by atoms with Crippen LogP contribution in [0, 0.1) is 0 Å². The van der Waals surface area contributed by atoms with Gasteiger partial charge in [0.05, 0.1) is 19.8 Å². The number of benzene rings is 1. The number of imidazole rings is 1. The Labute approximate surface area is 113 Å². The Morgan fingerprint density at radius 3 is 2.79 bits per heavy atom. The minimum Gasteiger partial charge on any atom is -0.497 e. The maximum atomic E-state index is 5.55. The summed E-state index contributed by atoms with van der Waals surface area (Å²) in [5.41, 5.74) is 6.50. The summed E-state index contributed by atoms with van der Waals surface area (Å²) in [6.45, 7) is 1.51. The molecule has 0 radical (unpaired) electrons. The Bertz CT molecular complexity index is 537. The second-order valence-electron chi connectivity index (χ2n) is 4.15. The lowest BCUT2D eigenvalue weighted by Crippen LogP contribution is -2.06. The van der Waals surface area contributed by atoms with Crippen LogP contribution in [-0.2, 0) is 6.54 Å². The van der Waals surface area contributed by atoms with Gasteiger partial charge < -0.3 is 19.8 Å². The van der Waals surface area contributed by atoms with Gasteiger partial charge in [-0.2, -0.15) is 0 Å². The zero-order valence-corrected chi connectivity index (χ0v) is 11.3. The van der Waals surface area contributed by atoms with Gasteiger partial charge >= 0.3 is 0 Å². The van der Waals surface area contributed by atoms with Gasteiger partial charge in [-0.3, -0.25) is 0 Å². The van der Waals surface area contributed by atoms with Crippen molar-refractivity contribution >= 4 is 0 Å². The van der Waals surface area contributed by atoms with E-state index in [1.165, 1.54) is 0 Å². The number of aromatic nitrogens is 2. The maximum absolute atomic E-state index is 5.55. The first-order valence-corrected chi connectivity index (χ1v) is 6.23. The van der Waals surface area contributed by atoms with Crippen LogP contribution in [0.3, 0.4) is 0 Å². The predicted molar refractivity (Wildman–Crippen MR) is 74.4 cm³/mol. The summed E-state index contributed by atoms with van der Waals surface area (Å²) in [5.74, 6) is 2.40. The summed E-state index contributed by atoms with van der Waals surface area (Å²) in [6, 6.07) is 5.72. The molecule has 102 valence electrons. The van der Waals surface area contributed by atoms with Crippen molar-refractivity contribution in [3.63, 3.8) is 0 Å². The van der Waals surface area contributed by atoms with Gasteiger partial charge in [0.25, 0.3) is 0 Å². The van der Waals surface area contributed by atoms with Gasteiger partial charge in [0.2, 0.25) is 0 Å². The minimum absolute atomic E-state index is 0.664. The van der Waals surface area contributed by atoms with Crippen LogP contribution in [0.25, 0.3) is 11.4 Å². The molecule has 2 rings (SSSR count). The first-order chi connectivity index (χ1) is 9.30. The monoisotopic (exact) mass is 261 g/mol. The lowest BCUT2D eigenvalue weighted by Gasteiger charge is -2.12. The van der Waals surface area contributed by atoms with E-state index < -0.39 is 0 Å². The molecule has 0 aliphatic carbocycles. The van der Waals surface area contributed by atoms with Crippen LogP contribution in [0.4, 0.5) is 0 Å². The van der Waals surface area contributed by atoms with Gasteiger partial charge in [-0.15, -0.1) is 0 Å². The van der Waals surface area contributed by atoms with Crippen molar-refractivity contribution in [2.24, 2.45) is 5.73 Å². The number of rotatable bonds is 6. The van der Waals surface area contributed by atoms with Crippen LogP contribution in [0.1, 0.15) is 6.42 Å². The zero-order chi connectivity index (χ0) is 13.7. The fraction of sp³-hybridized carbons (Fsp3) is 0.357. The number of ether oxygens (including phenoxy) is 2. The van der Waals surface area contributed by atoms with Crippen LogP contribution in [0.5, 0.6) is 11.5 Å². The summed E-state index contributed by atoms with van der Waals surface area (Å²) < 4.78 is 12.7. The van der Waals surface area contributed by atoms with E-state index in [1.807, 2.05) is 24.4 Å². The highest BCUT2D eigenvalue weighted by Gasteiger charge is 2.12. The minimum atomic E-state index is 0.664. The standard InChI is InChI=1S/C14H19N3O2/c1-18-11-4-5-12(13(10-11)19-2)14-16-7-9-17(14)8-3-6-15/h4-5,7,9-10H,3,6,8,15H2,1-2H3. The van der Waals surface area contributed by atoms with Gasteiger partial charge in [-0.1, -0.05) is 0 Å².